The van der Waals surface area contributed by atoms with Crippen LogP contribution in [-0.4, -0.2) is 27.3 Å². The summed E-state index contributed by atoms with van der Waals surface area (Å²) in [5.74, 6) is 2.03. The molecule has 0 aromatic heterocycles. The van der Waals surface area contributed by atoms with Crippen LogP contribution in [0.3, 0.4) is 0 Å². The Hall–Kier alpha value is -3.21. The highest BCUT2D eigenvalue weighted by Gasteiger charge is 2.24. The van der Waals surface area contributed by atoms with E-state index in [1.807, 2.05) is 25.1 Å². The fraction of sp³-hybridized carbons (Fsp3) is 0.190. The smallest absolute Gasteiger partial charge is 0.343 e. The third-order valence-corrected chi connectivity index (χ3v) is 4.15. The molecule has 0 amide bonds. The Morgan fingerprint density at radius 2 is 1.69 bits per heavy atom. The molecule has 2 aromatic rings. The number of cyclic esters (lactones) is 1. The number of methoxy groups -OCH3 is 3. The van der Waals surface area contributed by atoms with Gasteiger partial charge in [0.2, 0.25) is 0 Å². The van der Waals surface area contributed by atoms with E-state index in [2.05, 4.69) is 0 Å². The lowest BCUT2D eigenvalue weighted by Crippen LogP contribution is -1.99. The van der Waals surface area contributed by atoms with Crippen LogP contribution in [0.15, 0.2) is 48.0 Å². The molecule has 5 nitrogen and oxygen atoms in total. The van der Waals surface area contributed by atoms with E-state index in [0.717, 1.165) is 16.9 Å². The van der Waals surface area contributed by atoms with Crippen molar-refractivity contribution in [3.63, 3.8) is 0 Å². The second-order valence-corrected chi connectivity index (χ2v) is 5.79. The molecule has 0 atom stereocenters. The van der Waals surface area contributed by atoms with Crippen molar-refractivity contribution in [3.8, 4) is 17.2 Å². The van der Waals surface area contributed by atoms with Gasteiger partial charge in [-0.15, -0.1) is 0 Å². The fourth-order valence-corrected chi connectivity index (χ4v) is 2.73. The molecule has 1 aliphatic heterocycles. The average Bonchev–Trinajstić information content (AvgIpc) is 3.03. The summed E-state index contributed by atoms with van der Waals surface area (Å²) in [5.41, 5.74) is 3.00. The van der Waals surface area contributed by atoms with E-state index in [9.17, 15) is 4.79 Å². The number of carbonyl (C=O) groups is 1. The maximum absolute atomic E-state index is 12.3. The first-order valence-corrected chi connectivity index (χ1v) is 8.08. The van der Waals surface area contributed by atoms with Gasteiger partial charge in [0.05, 0.1) is 32.5 Å². The van der Waals surface area contributed by atoms with Gasteiger partial charge < -0.3 is 18.9 Å². The molecule has 2 aromatic carbocycles. The van der Waals surface area contributed by atoms with Gasteiger partial charge in [-0.25, -0.2) is 4.79 Å². The van der Waals surface area contributed by atoms with Crippen LogP contribution in [0.1, 0.15) is 16.7 Å². The first-order valence-electron chi connectivity index (χ1n) is 8.08. The van der Waals surface area contributed by atoms with Crippen molar-refractivity contribution in [1.29, 1.82) is 0 Å². The van der Waals surface area contributed by atoms with Crippen LogP contribution in [0.4, 0.5) is 0 Å². The van der Waals surface area contributed by atoms with Gasteiger partial charge >= 0.3 is 5.97 Å². The predicted octanol–water partition coefficient (Wildman–Crippen LogP) is 4.00. The topological polar surface area (TPSA) is 54.0 Å². The van der Waals surface area contributed by atoms with Crippen molar-refractivity contribution in [2.45, 2.75) is 6.92 Å². The second-order valence-electron chi connectivity index (χ2n) is 5.79. The summed E-state index contributed by atoms with van der Waals surface area (Å²) in [6.07, 6.45) is 3.47. The highest BCUT2D eigenvalue weighted by atomic mass is 16.5. The van der Waals surface area contributed by atoms with Gasteiger partial charge in [-0.05, 0) is 54.5 Å². The van der Waals surface area contributed by atoms with Gasteiger partial charge in [0.25, 0.3) is 0 Å². The Kier molecular flexibility index (Phi) is 4.98. The van der Waals surface area contributed by atoms with Gasteiger partial charge in [-0.2, -0.15) is 0 Å². The lowest BCUT2D eigenvalue weighted by molar-refractivity contribution is -0.130. The predicted molar refractivity (Wildman–Crippen MR) is 99.3 cm³/mol. The summed E-state index contributed by atoms with van der Waals surface area (Å²) in [6, 6.07) is 11.1. The highest BCUT2D eigenvalue weighted by molar-refractivity contribution is 6.05. The molecular formula is C21H20O5. The SMILES string of the molecule is COc1ccc(OC)c(C2=CC(=Cc3ccc(C)c(OC)c3)C(=O)O2)c1. The van der Waals surface area contributed by atoms with Gasteiger partial charge in [0.1, 0.15) is 23.0 Å². The van der Waals surface area contributed by atoms with Crippen molar-refractivity contribution in [2.24, 2.45) is 0 Å². The lowest BCUT2D eigenvalue weighted by atomic mass is 10.1. The van der Waals surface area contributed by atoms with E-state index >= 15 is 0 Å². The molecule has 0 saturated carbocycles. The Bertz CT molecular complexity index is 909. The van der Waals surface area contributed by atoms with E-state index in [1.54, 1.807) is 51.7 Å². The summed E-state index contributed by atoms with van der Waals surface area (Å²) >= 11 is 0. The molecule has 1 aliphatic rings. The van der Waals surface area contributed by atoms with Gasteiger partial charge in [0, 0.05) is 0 Å². The number of ether oxygens (including phenoxy) is 4. The number of esters is 1. The van der Waals surface area contributed by atoms with Crippen molar-refractivity contribution in [1.82, 2.24) is 0 Å². The molecule has 0 unspecified atom stereocenters. The van der Waals surface area contributed by atoms with E-state index in [1.165, 1.54) is 0 Å². The van der Waals surface area contributed by atoms with Crippen molar-refractivity contribution in [2.75, 3.05) is 21.3 Å². The monoisotopic (exact) mass is 352 g/mol. The standard InChI is InChI=1S/C21H20O5/c1-13-5-6-14(10-19(13)25-4)9-15-11-20(26-21(15)22)17-12-16(23-2)7-8-18(17)24-3/h5-12H,1-4H3. The minimum Gasteiger partial charge on any atom is -0.497 e. The van der Waals surface area contributed by atoms with E-state index in [0.29, 0.717) is 28.4 Å². The van der Waals surface area contributed by atoms with E-state index in [-0.39, 0.29) is 0 Å². The van der Waals surface area contributed by atoms with Crippen LogP contribution >= 0.6 is 0 Å². The first kappa shape index (κ1) is 17.6. The quantitative estimate of drug-likeness (QED) is 0.601. The van der Waals surface area contributed by atoms with Crippen molar-refractivity contribution in [3.05, 3.63) is 64.7 Å². The summed E-state index contributed by atoms with van der Waals surface area (Å²) in [6.45, 7) is 1.96. The zero-order valence-corrected chi connectivity index (χ0v) is 15.2. The van der Waals surface area contributed by atoms with Crippen molar-refractivity contribution >= 4 is 17.8 Å². The molecule has 0 bridgehead atoms. The molecular weight excluding hydrogens is 332 g/mol. The summed E-state index contributed by atoms with van der Waals surface area (Å²) in [4.78, 5) is 12.3. The largest absolute Gasteiger partial charge is 0.497 e. The Balaban J connectivity index is 1.99. The summed E-state index contributed by atoms with van der Waals surface area (Å²) < 4.78 is 21.4. The molecule has 0 aliphatic carbocycles. The van der Waals surface area contributed by atoms with Crippen molar-refractivity contribution < 1.29 is 23.7 Å². The number of aryl methyl sites for hydroxylation is 1. The molecule has 3 rings (SSSR count). The van der Waals surface area contributed by atoms with Crippen LogP contribution in [0.5, 0.6) is 17.2 Å². The summed E-state index contributed by atoms with van der Waals surface area (Å²) in [7, 11) is 4.77. The van der Waals surface area contributed by atoms with Crippen LogP contribution in [-0.2, 0) is 9.53 Å². The molecule has 0 fully saturated rings. The Morgan fingerprint density at radius 1 is 0.923 bits per heavy atom. The molecule has 0 spiro atoms. The number of rotatable bonds is 5. The van der Waals surface area contributed by atoms with E-state index < -0.39 is 5.97 Å². The number of carbonyl (C=O) groups excluding carboxylic acids is 1. The molecule has 5 heteroatoms. The molecule has 134 valence electrons. The van der Waals surface area contributed by atoms with Crippen LogP contribution in [0.25, 0.3) is 11.8 Å². The number of hydrogen-bond donors (Lipinski definition) is 0. The Labute approximate surface area is 152 Å². The van der Waals surface area contributed by atoms with Gasteiger partial charge in [-0.1, -0.05) is 12.1 Å². The van der Waals surface area contributed by atoms with Gasteiger partial charge in [0.15, 0.2) is 0 Å². The Morgan fingerprint density at radius 3 is 2.38 bits per heavy atom. The normalized spacial score (nSPS) is 14.8. The van der Waals surface area contributed by atoms with E-state index in [4.69, 9.17) is 18.9 Å². The number of benzene rings is 2. The third kappa shape index (κ3) is 3.42. The first-order chi connectivity index (χ1) is 12.5. The third-order valence-electron chi connectivity index (χ3n) is 4.15. The maximum Gasteiger partial charge on any atom is 0.343 e. The molecule has 1 heterocycles. The van der Waals surface area contributed by atoms with Gasteiger partial charge in [-0.3, -0.25) is 0 Å². The molecule has 0 radical (unpaired) electrons. The summed E-state index contributed by atoms with van der Waals surface area (Å²) in [5, 5.41) is 0. The highest BCUT2D eigenvalue weighted by Crippen LogP contribution is 2.35. The molecule has 26 heavy (non-hydrogen) atoms. The molecule has 0 saturated heterocycles. The fourth-order valence-electron chi connectivity index (χ4n) is 2.73. The van der Waals surface area contributed by atoms with Crippen LogP contribution < -0.4 is 14.2 Å². The maximum atomic E-state index is 12.3. The zero-order valence-electron chi connectivity index (χ0n) is 15.2. The number of hydrogen-bond acceptors (Lipinski definition) is 5. The zero-order chi connectivity index (χ0) is 18.7. The minimum atomic E-state index is -0.413. The van der Waals surface area contributed by atoms with Crippen LogP contribution in [0, 0.1) is 6.92 Å². The minimum absolute atomic E-state index is 0.413. The molecule has 0 N–H and O–H groups in total. The van der Waals surface area contributed by atoms with Crippen LogP contribution in [0.2, 0.25) is 0 Å². The average molecular weight is 352 g/mol. The lowest BCUT2D eigenvalue weighted by Gasteiger charge is -2.10. The second kappa shape index (κ2) is 7.35.